The molecule has 1 aliphatic heterocycles. The summed E-state index contributed by atoms with van der Waals surface area (Å²) in [5.74, 6) is 2.11. The first-order chi connectivity index (χ1) is 6.65. The SMILES string of the molecule is CC.CN=C1CC(C)CCN1C(C)C. The number of amidine groups is 1. The monoisotopic (exact) mass is 198 g/mol. The molecule has 0 aliphatic carbocycles. The quantitative estimate of drug-likeness (QED) is 0.632. The maximum atomic E-state index is 4.34. The molecule has 1 atom stereocenters. The number of hydrogen-bond donors (Lipinski definition) is 0. The van der Waals surface area contributed by atoms with Gasteiger partial charge in [-0.05, 0) is 26.2 Å². The molecule has 0 amide bonds. The van der Waals surface area contributed by atoms with Crippen LogP contribution in [0.15, 0.2) is 4.99 Å². The largest absolute Gasteiger partial charge is 0.358 e. The fourth-order valence-corrected chi connectivity index (χ4v) is 1.80. The summed E-state index contributed by atoms with van der Waals surface area (Å²) in [5, 5.41) is 0. The van der Waals surface area contributed by atoms with Crippen LogP contribution in [0.2, 0.25) is 0 Å². The molecule has 0 saturated carbocycles. The van der Waals surface area contributed by atoms with Crippen molar-refractivity contribution in [3.05, 3.63) is 0 Å². The van der Waals surface area contributed by atoms with Crippen LogP contribution in [0.25, 0.3) is 0 Å². The summed E-state index contributed by atoms with van der Waals surface area (Å²) < 4.78 is 0. The Morgan fingerprint density at radius 1 is 1.36 bits per heavy atom. The van der Waals surface area contributed by atoms with Crippen molar-refractivity contribution < 1.29 is 0 Å². The summed E-state index contributed by atoms with van der Waals surface area (Å²) in [6.07, 6.45) is 2.48. The molecular formula is C12H26N2. The lowest BCUT2D eigenvalue weighted by Crippen LogP contribution is -2.42. The molecule has 84 valence electrons. The zero-order valence-electron chi connectivity index (χ0n) is 10.7. The molecule has 0 aromatic carbocycles. The van der Waals surface area contributed by atoms with Crippen molar-refractivity contribution in [3.63, 3.8) is 0 Å². The average molecular weight is 198 g/mol. The van der Waals surface area contributed by atoms with Crippen LogP contribution in [0.3, 0.4) is 0 Å². The predicted molar refractivity (Wildman–Crippen MR) is 64.9 cm³/mol. The van der Waals surface area contributed by atoms with Crippen molar-refractivity contribution in [2.75, 3.05) is 13.6 Å². The molecule has 1 aliphatic rings. The van der Waals surface area contributed by atoms with Crippen LogP contribution in [0, 0.1) is 5.92 Å². The molecule has 0 radical (unpaired) electrons. The molecule has 1 unspecified atom stereocenters. The first-order valence-corrected chi connectivity index (χ1v) is 5.87. The third-order valence-corrected chi connectivity index (χ3v) is 2.61. The van der Waals surface area contributed by atoms with Crippen molar-refractivity contribution in [1.29, 1.82) is 0 Å². The average Bonchev–Trinajstić information content (AvgIpc) is 2.20. The number of rotatable bonds is 1. The Morgan fingerprint density at radius 2 is 1.93 bits per heavy atom. The molecule has 1 heterocycles. The molecule has 2 nitrogen and oxygen atoms in total. The third-order valence-electron chi connectivity index (χ3n) is 2.61. The third kappa shape index (κ3) is 3.69. The van der Waals surface area contributed by atoms with Gasteiger partial charge in [-0.1, -0.05) is 20.8 Å². The Labute approximate surface area is 89.4 Å². The van der Waals surface area contributed by atoms with E-state index in [1.165, 1.54) is 18.8 Å². The first-order valence-electron chi connectivity index (χ1n) is 5.87. The topological polar surface area (TPSA) is 15.6 Å². The van der Waals surface area contributed by atoms with Gasteiger partial charge in [0.05, 0.1) is 5.84 Å². The summed E-state index contributed by atoms with van der Waals surface area (Å²) in [4.78, 5) is 6.76. The molecule has 1 saturated heterocycles. The van der Waals surface area contributed by atoms with Gasteiger partial charge in [0.15, 0.2) is 0 Å². The van der Waals surface area contributed by atoms with Gasteiger partial charge in [-0.2, -0.15) is 0 Å². The fourth-order valence-electron chi connectivity index (χ4n) is 1.80. The van der Waals surface area contributed by atoms with Crippen LogP contribution in [-0.4, -0.2) is 30.4 Å². The molecule has 14 heavy (non-hydrogen) atoms. The van der Waals surface area contributed by atoms with Crippen LogP contribution in [0.5, 0.6) is 0 Å². The molecule has 2 heteroatoms. The maximum Gasteiger partial charge on any atom is 0.0990 e. The summed E-state index contributed by atoms with van der Waals surface area (Å²) >= 11 is 0. The van der Waals surface area contributed by atoms with Crippen molar-refractivity contribution in [2.24, 2.45) is 10.9 Å². The van der Waals surface area contributed by atoms with E-state index in [0.29, 0.717) is 6.04 Å². The normalized spacial score (nSPS) is 24.9. The first kappa shape index (κ1) is 13.5. The fraction of sp³-hybridized carbons (Fsp3) is 0.917. The molecule has 0 spiro atoms. The number of nitrogens with zero attached hydrogens (tertiary/aromatic N) is 2. The second-order valence-corrected chi connectivity index (χ2v) is 4.02. The van der Waals surface area contributed by atoms with Crippen LogP contribution in [0.4, 0.5) is 0 Å². The van der Waals surface area contributed by atoms with Crippen LogP contribution in [0.1, 0.15) is 47.5 Å². The van der Waals surface area contributed by atoms with Crippen LogP contribution < -0.4 is 0 Å². The van der Waals surface area contributed by atoms with Gasteiger partial charge < -0.3 is 4.90 Å². The standard InChI is InChI=1S/C10H20N2.C2H6/c1-8(2)12-6-5-9(3)7-10(12)11-4;1-2/h8-9H,5-7H2,1-4H3;1-2H3. The van der Waals surface area contributed by atoms with E-state index >= 15 is 0 Å². The van der Waals surface area contributed by atoms with Gasteiger partial charge in [-0.25, -0.2) is 0 Å². The molecule has 1 rings (SSSR count). The van der Waals surface area contributed by atoms with E-state index in [0.717, 1.165) is 12.3 Å². The molecular weight excluding hydrogens is 172 g/mol. The Balaban J connectivity index is 0.000000791. The van der Waals surface area contributed by atoms with E-state index in [-0.39, 0.29) is 0 Å². The molecule has 0 bridgehead atoms. The summed E-state index contributed by atoms with van der Waals surface area (Å²) in [6.45, 7) is 12.0. The zero-order chi connectivity index (χ0) is 11.1. The highest BCUT2D eigenvalue weighted by atomic mass is 15.2. The maximum absolute atomic E-state index is 4.34. The van der Waals surface area contributed by atoms with Crippen molar-refractivity contribution in [3.8, 4) is 0 Å². The van der Waals surface area contributed by atoms with Crippen LogP contribution >= 0.6 is 0 Å². The molecule has 0 N–H and O–H groups in total. The molecule has 1 fully saturated rings. The van der Waals surface area contributed by atoms with E-state index in [4.69, 9.17) is 0 Å². The molecule has 0 aromatic heterocycles. The highest BCUT2D eigenvalue weighted by Gasteiger charge is 2.22. The van der Waals surface area contributed by atoms with Crippen molar-refractivity contribution in [1.82, 2.24) is 4.90 Å². The lowest BCUT2D eigenvalue weighted by Gasteiger charge is -2.36. The summed E-state index contributed by atoms with van der Waals surface area (Å²) in [7, 11) is 1.91. The smallest absolute Gasteiger partial charge is 0.0990 e. The van der Waals surface area contributed by atoms with E-state index in [2.05, 4.69) is 30.7 Å². The molecule has 0 aromatic rings. The van der Waals surface area contributed by atoms with Gasteiger partial charge in [0.2, 0.25) is 0 Å². The lowest BCUT2D eigenvalue weighted by atomic mass is 9.97. The van der Waals surface area contributed by atoms with E-state index in [1.54, 1.807) is 0 Å². The van der Waals surface area contributed by atoms with Crippen molar-refractivity contribution >= 4 is 5.84 Å². The van der Waals surface area contributed by atoms with Gasteiger partial charge in [-0.3, -0.25) is 4.99 Å². The minimum Gasteiger partial charge on any atom is -0.358 e. The Bertz CT molecular complexity index is 173. The van der Waals surface area contributed by atoms with Gasteiger partial charge in [0, 0.05) is 26.1 Å². The van der Waals surface area contributed by atoms with E-state index < -0.39 is 0 Å². The highest BCUT2D eigenvalue weighted by molar-refractivity contribution is 5.83. The van der Waals surface area contributed by atoms with Gasteiger partial charge in [0.1, 0.15) is 0 Å². The van der Waals surface area contributed by atoms with Gasteiger partial charge in [-0.15, -0.1) is 0 Å². The predicted octanol–water partition coefficient (Wildman–Crippen LogP) is 3.18. The van der Waals surface area contributed by atoms with E-state index in [1.807, 2.05) is 20.9 Å². The Hall–Kier alpha value is -0.530. The van der Waals surface area contributed by atoms with Crippen molar-refractivity contribution in [2.45, 2.75) is 53.5 Å². The summed E-state index contributed by atoms with van der Waals surface area (Å²) in [6, 6.07) is 0.608. The Morgan fingerprint density at radius 3 is 2.36 bits per heavy atom. The minimum absolute atomic E-state index is 0.608. The number of likely N-dealkylation sites (tertiary alicyclic amines) is 1. The highest BCUT2D eigenvalue weighted by Crippen LogP contribution is 2.20. The second-order valence-electron chi connectivity index (χ2n) is 4.02. The number of piperidine rings is 1. The van der Waals surface area contributed by atoms with Crippen LogP contribution in [-0.2, 0) is 0 Å². The van der Waals surface area contributed by atoms with E-state index in [9.17, 15) is 0 Å². The zero-order valence-corrected chi connectivity index (χ0v) is 10.7. The second kappa shape index (κ2) is 6.86. The summed E-state index contributed by atoms with van der Waals surface area (Å²) in [5.41, 5.74) is 0. The number of aliphatic imine (C=N–C) groups is 1. The lowest BCUT2D eigenvalue weighted by molar-refractivity contribution is 0.280. The Kier molecular flexibility index (Phi) is 6.60. The van der Waals surface area contributed by atoms with Gasteiger partial charge >= 0.3 is 0 Å². The number of hydrogen-bond acceptors (Lipinski definition) is 1. The minimum atomic E-state index is 0.608. The van der Waals surface area contributed by atoms with Gasteiger partial charge in [0.25, 0.3) is 0 Å².